The Bertz CT molecular complexity index is 1260. The second kappa shape index (κ2) is 11.7. The summed E-state index contributed by atoms with van der Waals surface area (Å²) >= 11 is 7.08. The molecule has 0 aromatic heterocycles. The summed E-state index contributed by atoms with van der Waals surface area (Å²) in [6, 6.07) is 26.6. The minimum atomic E-state index is -4.33. The summed E-state index contributed by atoms with van der Waals surface area (Å²) in [5.74, 6) is -0.280. The van der Waals surface area contributed by atoms with E-state index in [1.165, 1.54) is 25.4 Å². The Morgan fingerprint density at radius 2 is 1.19 bits per heavy atom. The molecule has 3 aromatic carbocycles. The van der Waals surface area contributed by atoms with Gasteiger partial charge in [-0.25, -0.2) is 8.42 Å². The first-order valence-electron chi connectivity index (χ1n) is 11.8. The molecule has 4 nitrogen and oxygen atoms in total. The van der Waals surface area contributed by atoms with Crippen LogP contribution in [0.5, 0.6) is 0 Å². The molecule has 0 radical (unpaired) electrons. The summed E-state index contributed by atoms with van der Waals surface area (Å²) in [5, 5.41) is 0. The predicted octanol–water partition coefficient (Wildman–Crippen LogP) is 7.52. The highest BCUT2D eigenvalue weighted by molar-refractivity contribution is 14.1. The van der Waals surface area contributed by atoms with Crippen molar-refractivity contribution in [3.63, 3.8) is 0 Å². The van der Waals surface area contributed by atoms with Crippen molar-refractivity contribution in [1.82, 2.24) is 0 Å². The number of benzene rings is 3. The minimum absolute atomic E-state index is 0.0248. The number of halogens is 3. The van der Waals surface area contributed by atoms with Crippen LogP contribution in [0.25, 0.3) is 0 Å². The third kappa shape index (κ3) is 6.58. The molecule has 3 aromatic rings. The van der Waals surface area contributed by atoms with Crippen LogP contribution in [0.1, 0.15) is 33.1 Å². The van der Waals surface area contributed by atoms with Crippen LogP contribution < -0.4 is 0 Å². The van der Waals surface area contributed by atoms with Gasteiger partial charge in [-0.2, -0.15) is 0 Å². The Labute approximate surface area is 263 Å². The second-order valence-electron chi connectivity index (χ2n) is 10.0. The average Bonchev–Trinajstić information content (AvgIpc) is 3.16. The van der Waals surface area contributed by atoms with E-state index in [-0.39, 0.29) is 28.0 Å². The molecule has 0 spiro atoms. The Morgan fingerprint density at radius 3 is 1.46 bits per heavy atom. The van der Waals surface area contributed by atoms with E-state index in [1.807, 2.05) is 13.8 Å². The predicted molar refractivity (Wildman–Crippen MR) is 173 cm³/mol. The number of hydrogen-bond acceptors (Lipinski definition) is 4. The Morgan fingerprint density at radius 1 is 0.811 bits per heavy atom. The molecule has 2 aliphatic rings. The average molecular weight is 872 g/mol. The van der Waals surface area contributed by atoms with Crippen molar-refractivity contribution in [2.24, 2.45) is 16.7 Å². The maximum Gasteiger partial charge on any atom is 0.166 e. The van der Waals surface area contributed by atoms with E-state index in [1.54, 1.807) is 0 Å². The molecule has 2 saturated carbocycles. The van der Waals surface area contributed by atoms with Crippen LogP contribution in [-0.4, -0.2) is 24.5 Å². The molecule has 5 rings (SSSR count). The molecule has 0 N–H and O–H groups in total. The highest BCUT2D eigenvalue weighted by atomic mass is 127. The Balaban J connectivity index is 0.000000186. The van der Waals surface area contributed by atoms with Gasteiger partial charge in [0.05, 0.1) is 26.8 Å². The first-order chi connectivity index (χ1) is 17.3. The van der Waals surface area contributed by atoms with Crippen LogP contribution in [0.2, 0.25) is 0 Å². The lowest BCUT2D eigenvalue weighted by molar-refractivity contribution is -0.128. The highest BCUT2D eigenvalue weighted by Gasteiger charge is 2.64. The molecule has 37 heavy (non-hydrogen) atoms. The second-order valence-corrected chi connectivity index (χ2v) is 17.2. The zero-order valence-electron chi connectivity index (χ0n) is 20.4. The van der Waals surface area contributed by atoms with Gasteiger partial charge in [-0.3, -0.25) is 4.79 Å². The number of hydrogen-bond donors (Lipinski definition) is 0. The molecule has 0 amide bonds. The maximum atomic E-state index is 11.8. The quantitative estimate of drug-likeness (QED) is 0.151. The number of fused-ring (bicyclic) bond motifs is 2. The standard InChI is InChI=1S/C18H12I3S.C10H16O4S/c19-13-1-7-16(8-2-13)22(17-9-3-14(20)4-10-17)18-11-5-15(21)6-12-18;1-9(2)7-3-4-10(9,8(11)5-7)6-15(12,13)14/h1-12H;7H,3-6H2,1-2H3,(H,12,13,14)/q+1;/p-1. The SMILES string of the molecule is CC1(C)C2CCC1(CS(=O)(=O)[O-])C(=O)C2.Ic1ccc([S+](c2ccc(I)cc2)c2ccc(I)cc2)cc1. The largest absolute Gasteiger partial charge is 0.748 e. The fourth-order valence-corrected chi connectivity index (χ4v) is 9.93. The molecular weight excluding hydrogens is 845 g/mol. The molecule has 2 aliphatic carbocycles. The summed E-state index contributed by atoms with van der Waals surface area (Å²) < 4.78 is 36.5. The van der Waals surface area contributed by atoms with Gasteiger partial charge in [-0.05, 0) is 165 Å². The lowest BCUT2D eigenvalue weighted by Gasteiger charge is -2.37. The fourth-order valence-electron chi connectivity index (χ4n) is 5.53. The number of ketones is 1. The van der Waals surface area contributed by atoms with E-state index in [9.17, 15) is 17.8 Å². The van der Waals surface area contributed by atoms with Crippen molar-refractivity contribution in [3.05, 3.63) is 83.5 Å². The van der Waals surface area contributed by atoms with Crippen LogP contribution in [0, 0.1) is 27.5 Å². The molecule has 0 saturated heterocycles. The van der Waals surface area contributed by atoms with Crippen molar-refractivity contribution in [2.45, 2.75) is 47.8 Å². The fraction of sp³-hybridized carbons (Fsp3) is 0.321. The first-order valence-corrected chi connectivity index (χ1v) is 17.8. The lowest BCUT2D eigenvalue weighted by Crippen LogP contribution is -2.42. The summed E-state index contributed by atoms with van der Waals surface area (Å²) in [6.45, 7) is 3.83. The van der Waals surface area contributed by atoms with Gasteiger partial charge in [0.1, 0.15) is 5.78 Å². The third-order valence-corrected chi connectivity index (χ3v) is 12.9. The number of carbonyl (C=O) groups is 1. The van der Waals surface area contributed by atoms with Crippen LogP contribution in [0.3, 0.4) is 0 Å². The van der Waals surface area contributed by atoms with Gasteiger partial charge in [0, 0.05) is 22.5 Å². The molecule has 196 valence electrons. The first kappa shape index (κ1) is 29.8. The van der Waals surface area contributed by atoms with Crippen LogP contribution >= 0.6 is 67.8 Å². The lowest BCUT2D eigenvalue weighted by atomic mass is 9.70. The van der Waals surface area contributed by atoms with Crippen LogP contribution in [-0.2, 0) is 25.8 Å². The summed E-state index contributed by atoms with van der Waals surface area (Å²) in [7, 11) is -4.38. The molecule has 2 atom stereocenters. The van der Waals surface area contributed by atoms with Crippen molar-refractivity contribution in [3.8, 4) is 0 Å². The van der Waals surface area contributed by atoms with Gasteiger partial charge in [-0.15, -0.1) is 0 Å². The third-order valence-electron chi connectivity index (χ3n) is 7.71. The van der Waals surface area contributed by atoms with Crippen LogP contribution in [0.4, 0.5) is 0 Å². The van der Waals surface area contributed by atoms with Gasteiger partial charge < -0.3 is 4.55 Å². The van der Waals surface area contributed by atoms with Crippen molar-refractivity contribution in [2.75, 3.05) is 5.75 Å². The van der Waals surface area contributed by atoms with Gasteiger partial charge in [0.25, 0.3) is 0 Å². The van der Waals surface area contributed by atoms with E-state index < -0.39 is 21.3 Å². The number of Topliss-reactive ketones (excluding diaryl/α,β-unsaturated/α-hetero) is 1. The van der Waals surface area contributed by atoms with Gasteiger partial charge in [0.15, 0.2) is 14.7 Å². The van der Waals surface area contributed by atoms with Crippen LogP contribution in [0.15, 0.2) is 87.5 Å². The number of rotatable bonds is 5. The zero-order valence-corrected chi connectivity index (χ0v) is 28.5. The molecule has 2 bridgehead atoms. The van der Waals surface area contributed by atoms with Crippen molar-refractivity contribution in [1.29, 1.82) is 0 Å². The van der Waals surface area contributed by atoms with Crippen molar-refractivity contribution < 1.29 is 17.8 Å². The molecule has 9 heteroatoms. The smallest absolute Gasteiger partial charge is 0.166 e. The molecule has 2 fully saturated rings. The summed E-state index contributed by atoms with van der Waals surface area (Å²) in [5.41, 5.74) is -1.22. The zero-order chi connectivity index (χ0) is 27.0. The molecular formula is C28H27I3O4S2. The van der Waals surface area contributed by atoms with Crippen molar-refractivity contribution >= 4 is 94.6 Å². The summed E-state index contributed by atoms with van der Waals surface area (Å²) in [6.07, 6.45) is 1.88. The van der Waals surface area contributed by atoms with E-state index in [0.29, 0.717) is 12.8 Å². The van der Waals surface area contributed by atoms with E-state index >= 15 is 0 Å². The number of carbonyl (C=O) groups excluding carboxylic acids is 1. The highest BCUT2D eigenvalue weighted by Crippen LogP contribution is 2.64. The molecule has 0 aliphatic heterocycles. The van der Waals surface area contributed by atoms with Gasteiger partial charge in [-0.1, -0.05) is 13.8 Å². The maximum absolute atomic E-state index is 11.8. The minimum Gasteiger partial charge on any atom is -0.748 e. The topological polar surface area (TPSA) is 74.3 Å². The van der Waals surface area contributed by atoms with E-state index in [4.69, 9.17) is 0 Å². The normalized spacial score (nSPS) is 22.1. The molecule has 0 heterocycles. The Kier molecular flexibility index (Phi) is 9.42. The monoisotopic (exact) mass is 872 g/mol. The summed E-state index contributed by atoms with van der Waals surface area (Å²) in [4.78, 5) is 15.9. The van der Waals surface area contributed by atoms with Gasteiger partial charge >= 0.3 is 0 Å². The van der Waals surface area contributed by atoms with E-state index in [2.05, 4.69) is 141 Å². The Hall–Kier alpha value is -0.220. The van der Waals surface area contributed by atoms with E-state index in [0.717, 1.165) is 6.42 Å². The van der Waals surface area contributed by atoms with Gasteiger partial charge in [0.2, 0.25) is 0 Å². The molecule has 2 unspecified atom stereocenters.